The first-order chi connectivity index (χ1) is 10.3. The molecule has 1 aliphatic heterocycles. The third-order valence-electron chi connectivity index (χ3n) is 3.80. The predicted octanol–water partition coefficient (Wildman–Crippen LogP) is 1.35. The maximum atomic E-state index is 12.3. The Morgan fingerprint density at radius 3 is 3.14 bits per heavy atom. The SMILES string of the molecule is CCNC(=NCC(=O)N1CCc2sccc2C1)NC1CC1. The number of nitrogens with one attached hydrogen (secondary N) is 2. The molecule has 6 heteroatoms. The number of rotatable bonds is 4. The fraction of sp³-hybridized carbons (Fsp3) is 0.600. The smallest absolute Gasteiger partial charge is 0.244 e. The Morgan fingerprint density at radius 2 is 2.38 bits per heavy atom. The average Bonchev–Trinajstić information content (AvgIpc) is 3.18. The topological polar surface area (TPSA) is 56.7 Å². The van der Waals surface area contributed by atoms with Gasteiger partial charge in [0.15, 0.2) is 5.96 Å². The molecule has 1 amide bonds. The number of aliphatic imine (C=N–C) groups is 1. The van der Waals surface area contributed by atoms with Gasteiger partial charge in [-0.05, 0) is 43.2 Å². The average molecular weight is 306 g/mol. The molecule has 1 saturated carbocycles. The lowest BCUT2D eigenvalue weighted by Crippen LogP contribution is -2.41. The molecule has 21 heavy (non-hydrogen) atoms. The second kappa shape index (κ2) is 6.47. The Bertz CT molecular complexity index is 536. The first-order valence-electron chi connectivity index (χ1n) is 7.64. The van der Waals surface area contributed by atoms with Crippen LogP contribution in [0.2, 0.25) is 0 Å². The number of amides is 1. The molecule has 0 bridgehead atoms. The minimum atomic E-state index is 0.111. The van der Waals surface area contributed by atoms with E-state index in [1.54, 1.807) is 11.3 Å². The maximum Gasteiger partial charge on any atom is 0.244 e. The van der Waals surface area contributed by atoms with Crippen LogP contribution in [-0.2, 0) is 17.8 Å². The van der Waals surface area contributed by atoms with Crippen LogP contribution in [0, 0.1) is 0 Å². The van der Waals surface area contributed by atoms with Crippen LogP contribution < -0.4 is 10.6 Å². The van der Waals surface area contributed by atoms with Crippen molar-refractivity contribution in [3.05, 3.63) is 21.9 Å². The Morgan fingerprint density at radius 1 is 1.52 bits per heavy atom. The normalized spacial score (nSPS) is 18.3. The maximum absolute atomic E-state index is 12.3. The summed E-state index contributed by atoms with van der Waals surface area (Å²) >= 11 is 1.79. The van der Waals surface area contributed by atoms with E-state index in [1.807, 2.05) is 11.8 Å². The molecule has 5 nitrogen and oxygen atoms in total. The number of guanidine groups is 1. The third-order valence-corrected chi connectivity index (χ3v) is 4.82. The third kappa shape index (κ3) is 3.75. The van der Waals surface area contributed by atoms with Gasteiger partial charge in [0.05, 0.1) is 0 Å². The van der Waals surface area contributed by atoms with Crippen LogP contribution in [0.4, 0.5) is 0 Å². The molecule has 3 rings (SSSR count). The van der Waals surface area contributed by atoms with E-state index < -0.39 is 0 Å². The monoisotopic (exact) mass is 306 g/mol. The minimum absolute atomic E-state index is 0.111. The van der Waals surface area contributed by atoms with E-state index in [1.165, 1.54) is 23.3 Å². The van der Waals surface area contributed by atoms with Gasteiger partial charge in [0, 0.05) is 30.6 Å². The summed E-state index contributed by atoms with van der Waals surface area (Å²) in [6.07, 6.45) is 3.37. The summed E-state index contributed by atoms with van der Waals surface area (Å²) < 4.78 is 0. The summed E-state index contributed by atoms with van der Waals surface area (Å²) in [5.74, 6) is 0.876. The van der Waals surface area contributed by atoms with Gasteiger partial charge < -0.3 is 15.5 Å². The zero-order chi connectivity index (χ0) is 14.7. The van der Waals surface area contributed by atoms with Gasteiger partial charge in [0.25, 0.3) is 0 Å². The van der Waals surface area contributed by atoms with Crippen molar-refractivity contribution in [1.82, 2.24) is 15.5 Å². The van der Waals surface area contributed by atoms with Crippen LogP contribution in [0.25, 0.3) is 0 Å². The van der Waals surface area contributed by atoms with E-state index in [0.29, 0.717) is 6.04 Å². The van der Waals surface area contributed by atoms with Crippen molar-refractivity contribution in [2.45, 2.75) is 38.8 Å². The van der Waals surface area contributed by atoms with Gasteiger partial charge in [-0.2, -0.15) is 0 Å². The molecule has 1 fully saturated rings. The van der Waals surface area contributed by atoms with E-state index >= 15 is 0 Å². The quantitative estimate of drug-likeness (QED) is 0.652. The summed E-state index contributed by atoms with van der Waals surface area (Å²) in [6.45, 7) is 4.62. The minimum Gasteiger partial charge on any atom is -0.357 e. The van der Waals surface area contributed by atoms with Crippen molar-refractivity contribution in [3.8, 4) is 0 Å². The van der Waals surface area contributed by atoms with Crippen LogP contribution in [0.15, 0.2) is 16.4 Å². The molecule has 2 N–H and O–H groups in total. The first-order valence-corrected chi connectivity index (χ1v) is 8.52. The largest absolute Gasteiger partial charge is 0.357 e. The van der Waals surface area contributed by atoms with Gasteiger partial charge in [-0.1, -0.05) is 0 Å². The summed E-state index contributed by atoms with van der Waals surface area (Å²) in [7, 11) is 0. The molecule has 1 aromatic rings. The fourth-order valence-corrected chi connectivity index (χ4v) is 3.34. The molecular weight excluding hydrogens is 284 g/mol. The van der Waals surface area contributed by atoms with Gasteiger partial charge in [-0.15, -0.1) is 11.3 Å². The van der Waals surface area contributed by atoms with Crippen LogP contribution in [-0.4, -0.2) is 42.4 Å². The lowest BCUT2D eigenvalue weighted by molar-refractivity contribution is -0.130. The van der Waals surface area contributed by atoms with Gasteiger partial charge >= 0.3 is 0 Å². The molecule has 1 aromatic heterocycles. The molecular formula is C15H22N4OS. The van der Waals surface area contributed by atoms with Gasteiger partial charge in [0.2, 0.25) is 5.91 Å². The zero-order valence-electron chi connectivity index (χ0n) is 12.4. The number of carbonyl (C=O) groups is 1. The summed E-state index contributed by atoms with van der Waals surface area (Å²) in [4.78, 5) is 20.1. The van der Waals surface area contributed by atoms with Gasteiger partial charge in [-0.3, -0.25) is 4.79 Å². The van der Waals surface area contributed by atoms with E-state index in [9.17, 15) is 4.79 Å². The molecule has 0 atom stereocenters. The van der Waals surface area contributed by atoms with Gasteiger partial charge in [0.1, 0.15) is 6.54 Å². The number of hydrogen-bond acceptors (Lipinski definition) is 3. The van der Waals surface area contributed by atoms with Crippen molar-refractivity contribution >= 4 is 23.2 Å². The molecule has 2 aliphatic rings. The Labute approximate surface area is 129 Å². The summed E-state index contributed by atoms with van der Waals surface area (Å²) in [5.41, 5.74) is 1.30. The molecule has 0 saturated heterocycles. The fourth-order valence-electron chi connectivity index (χ4n) is 2.45. The highest BCUT2D eigenvalue weighted by molar-refractivity contribution is 7.10. The molecule has 2 heterocycles. The lowest BCUT2D eigenvalue weighted by atomic mass is 10.1. The van der Waals surface area contributed by atoms with Gasteiger partial charge in [-0.25, -0.2) is 4.99 Å². The Kier molecular flexibility index (Phi) is 4.43. The molecule has 0 unspecified atom stereocenters. The predicted molar refractivity (Wildman–Crippen MR) is 85.6 cm³/mol. The second-order valence-electron chi connectivity index (χ2n) is 5.55. The van der Waals surface area contributed by atoms with Crippen LogP contribution in [0.1, 0.15) is 30.2 Å². The highest BCUT2D eigenvalue weighted by Crippen LogP contribution is 2.24. The number of carbonyl (C=O) groups excluding carboxylic acids is 1. The van der Waals surface area contributed by atoms with E-state index in [4.69, 9.17) is 0 Å². The van der Waals surface area contributed by atoms with Crippen molar-refractivity contribution in [2.24, 2.45) is 4.99 Å². The van der Waals surface area contributed by atoms with Crippen molar-refractivity contribution in [2.75, 3.05) is 19.6 Å². The molecule has 0 radical (unpaired) electrons. The highest BCUT2D eigenvalue weighted by Gasteiger charge is 2.23. The van der Waals surface area contributed by atoms with E-state index in [-0.39, 0.29) is 12.5 Å². The number of fused-ring (bicyclic) bond motifs is 1. The Hall–Kier alpha value is -1.56. The first kappa shape index (κ1) is 14.4. The van der Waals surface area contributed by atoms with Crippen molar-refractivity contribution < 1.29 is 4.79 Å². The molecule has 0 aromatic carbocycles. The van der Waals surface area contributed by atoms with E-state index in [2.05, 4.69) is 27.1 Å². The Balaban J connectivity index is 1.55. The number of thiophene rings is 1. The van der Waals surface area contributed by atoms with Crippen LogP contribution in [0.5, 0.6) is 0 Å². The summed E-state index contributed by atoms with van der Waals surface area (Å²) in [5, 5.41) is 8.64. The highest BCUT2D eigenvalue weighted by atomic mass is 32.1. The number of nitrogens with zero attached hydrogens (tertiary/aromatic N) is 2. The summed E-state index contributed by atoms with van der Waals surface area (Å²) in [6, 6.07) is 2.67. The van der Waals surface area contributed by atoms with Crippen LogP contribution >= 0.6 is 11.3 Å². The standard InChI is InChI=1S/C15H22N4OS/c1-2-16-15(18-12-3-4-12)17-9-14(20)19-7-5-13-11(10-19)6-8-21-13/h6,8,12H,2-5,7,9-10H2,1H3,(H2,16,17,18). The molecule has 0 spiro atoms. The van der Waals surface area contributed by atoms with Crippen molar-refractivity contribution in [3.63, 3.8) is 0 Å². The lowest BCUT2D eigenvalue weighted by Gasteiger charge is -2.26. The van der Waals surface area contributed by atoms with Crippen LogP contribution in [0.3, 0.4) is 0 Å². The molecule has 1 aliphatic carbocycles. The van der Waals surface area contributed by atoms with Crippen molar-refractivity contribution in [1.29, 1.82) is 0 Å². The number of hydrogen-bond donors (Lipinski definition) is 2. The zero-order valence-corrected chi connectivity index (χ0v) is 13.2. The molecule has 114 valence electrons. The van der Waals surface area contributed by atoms with E-state index in [0.717, 1.165) is 32.0 Å². The second-order valence-corrected chi connectivity index (χ2v) is 6.55.